The summed E-state index contributed by atoms with van der Waals surface area (Å²) < 4.78 is 28.6. The molecule has 1 atom stereocenters. The Kier molecular flexibility index (Phi) is 9.47. The summed E-state index contributed by atoms with van der Waals surface area (Å²) in [6, 6.07) is 2.73. The molecule has 128 valence electrons. The third-order valence-electron chi connectivity index (χ3n) is 3.94. The van der Waals surface area contributed by atoms with Gasteiger partial charge in [0, 0.05) is 37.8 Å². The average Bonchev–Trinajstić information content (AvgIpc) is 2.43. The highest BCUT2D eigenvalue weighted by atomic mass is 35.5. The second-order valence-corrected chi connectivity index (χ2v) is 6.02. The Bertz CT molecular complexity index is 464. The van der Waals surface area contributed by atoms with Gasteiger partial charge >= 0.3 is 0 Å². The van der Waals surface area contributed by atoms with Gasteiger partial charge in [0.05, 0.1) is 0 Å². The van der Waals surface area contributed by atoms with E-state index in [1.807, 2.05) is 0 Å². The van der Waals surface area contributed by atoms with Crippen molar-refractivity contribution in [3.63, 3.8) is 0 Å². The van der Waals surface area contributed by atoms with Crippen molar-refractivity contribution in [1.29, 1.82) is 0 Å². The zero-order valence-corrected chi connectivity index (χ0v) is 15.0. The van der Waals surface area contributed by atoms with Crippen LogP contribution in [0.3, 0.4) is 0 Å². The van der Waals surface area contributed by atoms with Crippen LogP contribution >= 0.6 is 24.8 Å². The van der Waals surface area contributed by atoms with Crippen LogP contribution in [0.5, 0.6) is 0 Å². The summed E-state index contributed by atoms with van der Waals surface area (Å²) in [5.41, 5.74) is 0.769. The lowest BCUT2D eigenvalue weighted by atomic mass is 9.93. The molecule has 0 amide bonds. The van der Waals surface area contributed by atoms with Crippen molar-refractivity contribution in [2.24, 2.45) is 5.92 Å². The Labute approximate surface area is 144 Å². The lowest BCUT2D eigenvalue weighted by molar-refractivity contribution is 0.147. The monoisotopic (exact) mass is 354 g/mol. The molecule has 0 aliphatic carbocycles. The van der Waals surface area contributed by atoms with Gasteiger partial charge in [0.2, 0.25) is 0 Å². The van der Waals surface area contributed by atoms with E-state index in [0.717, 1.165) is 32.6 Å². The van der Waals surface area contributed by atoms with Crippen LogP contribution in [0.2, 0.25) is 0 Å². The molecule has 1 aliphatic heterocycles. The second kappa shape index (κ2) is 9.66. The molecule has 1 aromatic rings. The summed E-state index contributed by atoms with van der Waals surface area (Å²) in [6.45, 7) is 9.33. The van der Waals surface area contributed by atoms with E-state index < -0.39 is 5.82 Å². The molecule has 1 N–H and O–H groups in total. The van der Waals surface area contributed by atoms with Crippen LogP contribution in [0.1, 0.15) is 37.4 Å². The quantitative estimate of drug-likeness (QED) is 0.875. The fourth-order valence-electron chi connectivity index (χ4n) is 2.87. The minimum atomic E-state index is -0.419. The number of halogens is 4. The van der Waals surface area contributed by atoms with Crippen molar-refractivity contribution in [1.82, 2.24) is 10.2 Å². The van der Waals surface area contributed by atoms with Gasteiger partial charge in [-0.25, -0.2) is 8.78 Å². The van der Waals surface area contributed by atoms with Crippen LogP contribution in [0.4, 0.5) is 8.78 Å². The molecule has 22 heavy (non-hydrogen) atoms. The molecule has 0 aromatic heterocycles. The Morgan fingerprint density at radius 3 is 2.27 bits per heavy atom. The molecule has 1 aromatic carbocycles. The first-order chi connectivity index (χ1) is 9.50. The molecule has 0 bridgehead atoms. The van der Waals surface area contributed by atoms with Crippen LogP contribution in [-0.4, -0.2) is 31.1 Å². The van der Waals surface area contributed by atoms with E-state index in [1.165, 1.54) is 12.1 Å². The van der Waals surface area contributed by atoms with E-state index in [4.69, 9.17) is 0 Å². The van der Waals surface area contributed by atoms with E-state index in [0.29, 0.717) is 11.5 Å². The van der Waals surface area contributed by atoms with Crippen molar-refractivity contribution >= 4 is 24.8 Å². The molecule has 0 saturated carbocycles. The van der Waals surface area contributed by atoms with Crippen LogP contribution in [-0.2, 0) is 0 Å². The van der Waals surface area contributed by atoms with E-state index in [1.54, 1.807) is 6.92 Å². The minimum absolute atomic E-state index is 0. The summed E-state index contributed by atoms with van der Waals surface area (Å²) >= 11 is 0. The number of hydrogen-bond donors (Lipinski definition) is 1. The molecular formula is C16H26Cl2F2N2. The number of piperazine rings is 1. The van der Waals surface area contributed by atoms with Gasteiger partial charge in [-0.2, -0.15) is 0 Å². The Hall–Kier alpha value is -0.420. The van der Waals surface area contributed by atoms with Gasteiger partial charge in [0.15, 0.2) is 0 Å². The number of rotatable bonds is 4. The largest absolute Gasteiger partial charge is 0.314 e. The number of aryl methyl sites for hydroxylation is 1. The molecule has 0 radical (unpaired) electrons. The molecule has 0 spiro atoms. The average molecular weight is 355 g/mol. The molecule has 1 aliphatic rings. The van der Waals surface area contributed by atoms with Gasteiger partial charge in [-0.05, 0) is 30.9 Å². The topological polar surface area (TPSA) is 15.3 Å². The zero-order valence-electron chi connectivity index (χ0n) is 13.4. The van der Waals surface area contributed by atoms with Gasteiger partial charge in [-0.1, -0.05) is 19.9 Å². The number of nitrogens with zero attached hydrogens (tertiary/aromatic N) is 1. The summed E-state index contributed by atoms with van der Waals surface area (Å²) in [6.07, 6.45) is 0.775. The van der Waals surface area contributed by atoms with E-state index in [-0.39, 0.29) is 42.2 Å². The van der Waals surface area contributed by atoms with Crippen LogP contribution in [0, 0.1) is 24.5 Å². The SMILES string of the molecule is Cc1ccc(F)c([C@@H](CC(C)C)N2CCNCC2)c1F.Cl.Cl. The lowest BCUT2D eigenvalue weighted by Gasteiger charge is -2.36. The number of benzene rings is 1. The van der Waals surface area contributed by atoms with Crippen LogP contribution in [0.25, 0.3) is 0 Å². The lowest BCUT2D eigenvalue weighted by Crippen LogP contribution is -2.45. The Balaban J connectivity index is 0.00000220. The standard InChI is InChI=1S/C16H24F2N2.2ClH/c1-11(2)10-14(20-8-6-19-7-9-20)15-13(17)5-4-12(3)16(15)18;;/h4-5,11,14,19H,6-10H2,1-3H3;2*1H/t14-;;/m1../s1. The van der Waals surface area contributed by atoms with Crippen molar-refractivity contribution in [3.05, 3.63) is 34.9 Å². The van der Waals surface area contributed by atoms with E-state index in [9.17, 15) is 8.78 Å². The first-order valence-corrected chi connectivity index (χ1v) is 7.40. The molecule has 2 rings (SSSR count). The second-order valence-electron chi connectivity index (χ2n) is 6.02. The van der Waals surface area contributed by atoms with Crippen molar-refractivity contribution in [2.45, 2.75) is 33.2 Å². The highest BCUT2D eigenvalue weighted by Gasteiger charge is 2.28. The zero-order chi connectivity index (χ0) is 14.7. The minimum Gasteiger partial charge on any atom is -0.314 e. The first-order valence-electron chi connectivity index (χ1n) is 7.40. The summed E-state index contributed by atoms with van der Waals surface area (Å²) in [7, 11) is 0. The number of nitrogens with one attached hydrogen (secondary N) is 1. The first kappa shape index (κ1) is 21.6. The Morgan fingerprint density at radius 2 is 1.73 bits per heavy atom. The Morgan fingerprint density at radius 1 is 1.14 bits per heavy atom. The third-order valence-corrected chi connectivity index (χ3v) is 3.94. The highest BCUT2D eigenvalue weighted by molar-refractivity contribution is 5.85. The van der Waals surface area contributed by atoms with Crippen LogP contribution < -0.4 is 5.32 Å². The maximum absolute atomic E-state index is 14.4. The van der Waals surface area contributed by atoms with Crippen molar-refractivity contribution < 1.29 is 8.78 Å². The summed E-state index contributed by atoms with van der Waals surface area (Å²) in [5.74, 6) is -0.402. The van der Waals surface area contributed by atoms with Gasteiger partial charge < -0.3 is 5.32 Å². The van der Waals surface area contributed by atoms with Crippen molar-refractivity contribution in [2.75, 3.05) is 26.2 Å². The normalized spacial score (nSPS) is 16.8. The molecule has 6 heteroatoms. The smallest absolute Gasteiger partial charge is 0.133 e. The molecule has 1 saturated heterocycles. The summed E-state index contributed by atoms with van der Waals surface area (Å²) in [5, 5.41) is 3.29. The van der Waals surface area contributed by atoms with E-state index >= 15 is 0 Å². The maximum atomic E-state index is 14.4. The molecule has 1 heterocycles. The molecule has 0 unspecified atom stereocenters. The summed E-state index contributed by atoms with van der Waals surface area (Å²) in [4.78, 5) is 2.21. The van der Waals surface area contributed by atoms with Crippen LogP contribution in [0.15, 0.2) is 12.1 Å². The molecular weight excluding hydrogens is 329 g/mol. The predicted octanol–water partition coefficient (Wildman–Crippen LogP) is 4.11. The molecule has 2 nitrogen and oxygen atoms in total. The van der Waals surface area contributed by atoms with Gasteiger partial charge in [-0.15, -0.1) is 24.8 Å². The van der Waals surface area contributed by atoms with Gasteiger partial charge in [-0.3, -0.25) is 4.90 Å². The number of hydrogen-bond acceptors (Lipinski definition) is 2. The fourth-order valence-corrected chi connectivity index (χ4v) is 2.87. The predicted molar refractivity (Wildman–Crippen MR) is 92.2 cm³/mol. The van der Waals surface area contributed by atoms with Crippen molar-refractivity contribution in [3.8, 4) is 0 Å². The van der Waals surface area contributed by atoms with Gasteiger partial charge in [0.1, 0.15) is 11.6 Å². The highest BCUT2D eigenvalue weighted by Crippen LogP contribution is 2.32. The molecule has 1 fully saturated rings. The van der Waals surface area contributed by atoms with Gasteiger partial charge in [0.25, 0.3) is 0 Å². The van der Waals surface area contributed by atoms with E-state index in [2.05, 4.69) is 24.1 Å². The fraction of sp³-hybridized carbons (Fsp3) is 0.625. The third kappa shape index (κ3) is 5.05. The maximum Gasteiger partial charge on any atom is 0.133 e.